The molecule has 134 valence electrons. The van der Waals surface area contributed by atoms with Crippen molar-refractivity contribution in [2.75, 3.05) is 6.61 Å². The zero-order chi connectivity index (χ0) is 18.6. The van der Waals surface area contributed by atoms with Gasteiger partial charge in [-0.3, -0.25) is 14.5 Å². The van der Waals surface area contributed by atoms with Gasteiger partial charge in [0.05, 0.1) is 0 Å². The lowest BCUT2D eigenvalue weighted by Crippen LogP contribution is -2.48. The number of Topliss-reactive ketones (excluding diaryl/α,β-unsaturated/α-hetero) is 1. The highest BCUT2D eigenvalue weighted by Gasteiger charge is 2.36. The fourth-order valence-corrected chi connectivity index (χ4v) is 1.87. The van der Waals surface area contributed by atoms with Crippen LogP contribution < -0.4 is 0 Å². The van der Waals surface area contributed by atoms with Crippen LogP contribution in [-0.2, 0) is 14.4 Å². The maximum atomic E-state index is 11.2. The molecule has 0 saturated heterocycles. The maximum absolute atomic E-state index is 11.2. The van der Waals surface area contributed by atoms with Gasteiger partial charge in [-0.05, 0) is 39.5 Å². The summed E-state index contributed by atoms with van der Waals surface area (Å²) in [6, 6.07) is 0. The molecule has 1 rings (SSSR count). The Morgan fingerprint density at radius 3 is 1.87 bits per heavy atom. The standard InChI is InChI=1S/C9H13NO3.C7H14O.C2H6/c1-9(2,5-6-11)10-7(12)3-4-8(10)13;1-6(2)4-5-7(3)8;1-2/h3-4,11H,5-6H2,1-2H3;6H,4-5H2,1-3H3;1-2H3. The minimum atomic E-state index is -0.605. The molecule has 0 aromatic rings. The number of imide groups is 1. The second kappa shape index (κ2) is 12.0. The number of carbonyl (C=O) groups excluding carboxylic acids is 3. The third-order valence-corrected chi connectivity index (χ3v) is 3.21. The first-order valence-corrected chi connectivity index (χ1v) is 8.28. The van der Waals surface area contributed by atoms with E-state index in [0.29, 0.717) is 18.1 Å². The Labute approximate surface area is 140 Å². The number of amides is 2. The minimum absolute atomic E-state index is 0.0376. The first kappa shape index (κ1) is 23.8. The molecule has 5 heteroatoms. The zero-order valence-electron chi connectivity index (χ0n) is 15.7. The summed E-state index contributed by atoms with van der Waals surface area (Å²) in [7, 11) is 0. The van der Waals surface area contributed by atoms with Crippen molar-refractivity contribution < 1.29 is 19.5 Å². The van der Waals surface area contributed by atoms with Crippen molar-refractivity contribution in [3.05, 3.63) is 12.2 Å². The quantitative estimate of drug-likeness (QED) is 0.761. The van der Waals surface area contributed by atoms with Crippen LogP contribution in [0.15, 0.2) is 12.2 Å². The topological polar surface area (TPSA) is 74.7 Å². The second-order valence-corrected chi connectivity index (χ2v) is 6.27. The predicted molar refractivity (Wildman–Crippen MR) is 92.9 cm³/mol. The summed E-state index contributed by atoms with van der Waals surface area (Å²) in [5.74, 6) is 0.365. The van der Waals surface area contributed by atoms with Crippen LogP contribution in [0.4, 0.5) is 0 Å². The monoisotopic (exact) mass is 327 g/mol. The Balaban J connectivity index is 0. The first-order chi connectivity index (χ1) is 10.6. The van der Waals surface area contributed by atoms with E-state index >= 15 is 0 Å². The summed E-state index contributed by atoms with van der Waals surface area (Å²) in [5.41, 5.74) is -0.605. The number of ketones is 1. The molecular weight excluding hydrogens is 294 g/mol. The van der Waals surface area contributed by atoms with Gasteiger partial charge in [0.25, 0.3) is 11.8 Å². The lowest BCUT2D eigenvalue weighted by atomic mass is 9.99. The largest absolute Gasteiger partial charge is 0.396 e. The third kappa shape index (κ3) is 10.00. The smallest absolute Gasteiger partial charge is 0.254 e. The van der Waals surface area contributed by atoms with Gasteiger partial charge in [-0.25, -0.2) is 0 Å². The summed E-state index contributed by atoms with van der Waals surface area (Å²) in [6.07, 6.45) is 4.68. The van der Waals surface area contributed by atoms with Crippen LogP contribution in [0.3, 0.4) is 0 Å². The van der Waals surface area contributed by atoms with E-state index < -0.39 is 5.54 Å². The van der Waals surface area contributed by atoms with E-state index in [2.05, 4.69) is 13.8 Å². The number of nitrogens with zero attached hydrogens (tertiary/aromatic N) is 1. The SMILES string of the molecule is CC.CC(=O)CCC(C)C.CC(C)(CCO)N1C(=O)C=CC1=O. The fourth-order valence-electron chi connectivity index (χ4n) is 1.87. The number of hydrogen-bond donors (Lipinski definition) is 1. The maximum Gasteiger partial charge on any atom is 0.254 e. The molecule has 0 atom stereocenters. The molecule has 0 aliphatic carbocycles. The van der Waals surface area contributed by atoms with Gasteiger partial charge in [0.2, 0.25) is 0 Å². The average molecular weight is 327 g/mol. The van der Waals surface area contributed by atoms with E-state index in [9.17, 15) is 14.4 Å². The van der Waals surface area contributed by atoms with Gasteiger partial charge >= 0.3 is 0 Å². The lowest BCUT2D eigenvalue weighted by Gasteiger charge is -2.33. The molecule has 0 radical (unpaired) electrons. The number of aliphatic hydroxyl groups is 1. The van der Waals surface area contributed by atoms with Crippen LogP contribution in [0.1, 0.15) is 67.7 Å². The van der Waals surface area contributed by atoms with Crippen molar-refractivity contribution >= 4 is 17.6 Å². The van der Waals surface area contributed by atoms with Crippen molar-refractivity contribution in [1.29, 1.82) is 0 Å². The van der Waals surface area contributed by atoms with Crippen LogP contribution in [0.2, 0.25) is 0 Å². The molecule has 2 amide bonds. The van der Waals surface area contributed by atoms with E-state index in [1.54, 1.807) is 20.8 Å². The molecule has 0 spiro atoms. The molecule has 1 N–H and O–H groups in total. The molecule has 23 heavy (non-hydrogen) atoms. The molecule has 0 aromatic carbocycles. The van der Waals surface area contributed by atoms with E-state index in [1.165, 1.54) is 17.1 Å². The number of carbonyl (C=O) groups is 3. The number of rotatable bonds is 6. The molecule has 1 aliphatic rings. The molecule has 0 bridgehead atoms. The summed E-state index contributed by atoms with van der Waals surface area (Å²) in [4.78, 5) is 34.0. The van der Waals surface area contributed by atoms with Crippen LogP contribution in [0, 0.1) is 5.92 Å². The molecular formula is C18H33NO4. The van der Waals surface area contributed by atoms with E-state index in [0.717, 1.165) is 12.8 Å². The fraction of sp³-hybridized carbons (Fsp3) is 0.722. The minimum Gasteiger partial charge on any atom is -0.396 e. The number of hydrogen-bond acceptors (Lipinski definition) is 4. The van der Waals surface area contributed by atoms with Gasteiger partial charge in [0, 0.05) is 30.7 Å². The molecule has 1 heterocycles. The highest BCUT2D eigenvalue weighted by molar-refractivity contribution is 6.13. The predicted octanol–water partition coefficient (Wildman–Crippen LogP) is 3.11. The second-order valence-electron chi connectivity index (χ2n) is 6.27. The van der Waals surface area contributed by atoms with Crippen molar-refractivity contribution in [2.24, 2.45) is 5.92 Å². The van der Waals surface area contributed by atoms with Gasteiger partial charge in [0.1, 0.15) is 5.78 Å². The van der Waals surface area contributed by atoms with Gasteiger partial charge in [0.15, 0.2) is 0 Å². The molecule has 0 fully saturated rings. The highest BCUT2D eigenvalue weighted by atomic mass is 16.3. The zero-order valence-corrected chi connectivity index (χ0v) is 15.7. The van der Waals surface area contributed by atoms with Crippen molar-refractivity contribution in [1.82, 2.24) is 4.90 Å². The number of aliphatic hydroxyl groups excluding tert-OH is 1. The Morgan fingerprint density at radius 1 is 1.17 bits per heavy atom. The lowest BCUT2D eigenvalue weighted by molar-refractivity contribution is -0.143. The average Bonchev–Trinajstić information content (AvgIpc) is 2.79. The van der Waals surface area contributed by atoms with E-state index in [-0.39, 0.29) is 18.4 Å². The molecule has 5 nitrogen and oxygen atoms in total. The normalized spacial score (nSPS) is 13.5. The first-order valence-electron chi connectivity index (χ1n) is 8.28. The molecule has 1 aliphatic heterocycles. The Morgan fingerprint density at radius 2 is 1.61 bits per heavy atom. The van der Waals surface area contributed by atoms with Gasteiger partial charge in [-0.15, -0.1) is 0 Å². The van der Waals surface area contributed by atoms with Crippen LogP contribution in [-0.4, -0.2) is 39.7 Å². The van der Waals surface area contributed by atoms with Crippen molar-refractivity contribution in [3.8, 4) is 0 Å². The van der Waals surface area contributed by atoms with Crippen LogP contribution >= 0.6 is 0 Å². The molecule has 0 aromatic heterocycles. The van der Waals surface area contributed by atoms with Gasteiger partial charge in [-0.2, -0.15) is 0 Å². The Kier molecular flexibility index (Phi) is 12.4. The van der Waals surface area contributed by atoms with Gasteiger partial charge < -0.3 is 9.90 Å². The van der Waals surface area contributed by atoms with Crippen LogP contribution in [0.5, 0.6) is 0 Å². The summed E-state index contributed by atoms with van der Waals surface area (Å²) in [6.45, 7) is 13.4. The highest BCUT2D eigenvalue weighted by Crippen LogP contribution is 2.22. The van der Waals surface area contributed by atoms with Crippen LogP contribution in [0.25, 0.3) is 0 Å². The summed E-state index contributed by atoms with van der Waals surface area (Å²) >= 11 is 0. The Hall–Kier alpha value is -1.49. The van der Waals surface area contributed by atoms with E-state index in [1.807, 2.05) is 13.8 Å². The summed E-state index contributed by atoms with van der Waals surface area (Å²) in [5, 5.41) is 8.77. The molecule has 0 unspecified atom stereocenters. The molecule has 0 saturated carbocycles. The van der Waals surface area contributed by atoms with Crippen molar-refractivity contribution in [2.45, 2.75) is 73.3 Å². The third-order valence-electron chi connectivity index (χ3n) is 3.21. The summed E-state index contributed by atoms with van der Waals surface area (Å²) < 4.78 is 0. The van der Waals surface area contributed by atoms with Gasteiger partial charge in [-0.1, -0.05) is 27.7 Å². The van der Waals surface area contributed by atoms with E-state index in [4.69, 9.17) is 5.11 Å². The Bertz CT molecular complexity index is 393. The van der Waals surface area contributed by atoms with Crippen molar-refractivity contribution in [3.63, 3.8) is 0 Å².